The molecule has 0 spiro atoms. The third kappa shape index (κ3) is 2.13. The zero-order chi connectivity index (χ0) is 14.4. The van der Waals surface area contributed by atoms with E-state index < -0.39 is 0 Å². The van der Waals surface area contributed by atoms with Crippen LogP contribution in [0.4, 0.5) is 5.69 Å². The molecule has 2 unspecified atom stereocenters. The molecule has 2 N–H and O–H groups in total. The number of rotatable bonds is 3. The third-order valence-corrected chi connectivity index (χ3v) is 4.70. The Hall–Kier alpha value is -2.17. The molecule has 0 bridgehead atoms. The van der Waals surface area contributed by atoms with Crippen LogP contribution in [0, 0.1) is 17.8 Å². The number of carbonyl (C=O) groups is 2. The Kier molecular flexibility index (Phi) is 2.80. The molecule has 2 fully saturated rings. The first-order valence-electron chi connectivity index (χ1n) is 7.52. The van der Waals surface area contributed by atoms with Crippen LogP contribution in [0.5, 0.6) is 0 Å². The lowest BCUT2D eigenvalue weighted by atomic mass is 9.84. The molecule has 3 aliphatic rings. The van der Waals surface area contributed by atoms with Crippen molar-refractivity contribution >= 4 is 23.2 Å². The fourth-order valence-electron chi connectivity index (χ4n) is 3.05. The molecule has 5 nitrogen and oxygen atoms in total. The minimum absolute atomic E-state index is 0.0136. The number of hydrazone groups is 1. The van der Waals surface area contributed by atoms with E-state index >= 15 is 0 Å². The van der Waals surface area contributed by atoms with Crippen LogP contribution in [-0.4, -0.2) is 17.5 Å². The molecule has 0 saturated heterocycles. The van der Waals surface area contributed by atoms with Crippen molar-refractivity contribution in [2.24, 2.45) is 22.9 Å². The van der Waals surface area contributed by atoms with Crippen molar-refractivity contribution in [3.05, 3.63) is 29.8 Å². The van der Waals surface area contributed by atoms with E-state index in [4.69, 9.17) is 0 Å². The second-order valence-electron chi connectivity index (χ2n) is 6.08. The Labute approximate surface area is 122 Å². The summed E-state index contributed by atoms with van der Waals surface area (Å²) >= 11 is 0. The van der Waals surface area contributed by atoms with Crippen LogP contribution in [0.3, 0.4) is 0 Å². The number of benzene rings is 1. The van der Waals surface area contributed by atoms with E-state index in [9.17, 15) is 9.59 Å². The molecule has 21 heavy (non-hydrogen) atoms. The van der Waals surface area contributed by atoms with Gasteiger partial charge in [0, 0.05) is 29.0 Å². The number of nitrogens with one attached hydrogen (secondary N) is 2. The van der Waals surface area contributed by atoms with Crippen molar-refractivity contribution in [3.63, 3.8) is 0 Å². The number of amides is 2. The molecule has 2 atom stereocenters. The molecule has 4 rings (SSSR count). The van der Waals surface area contributed by atoms with E-state index in [0.29, 0.717) is 0 Å². The molecule has 2 amide bonds. The molecule has 1 aliphatic heterocycles. The number of hydrogen-bond acceptors (Lipinski definition) is 3. The van der Waals surface area contributed by atoms with E-state index in [0.717, 1.165) is 42.6 Å². The van der Waals surface area contributed by atoms with Crippen LogP contribution in [0.15, 0.2) is 29.4 Å². The van der Waals surface area contributed by atoms with E-state index in [1.54, 1.807) is 0 Å². The van der Waals surface area contributed by atoms with E-state index in [-0.39, 0.29) is 29.6 Å². The number of carbonyl (C=O) groups excluding carboxylic acids is 2. The summed E-state index contributed by atoms with van der Waals surface area (Å²) in [4.78, 5) is 23.7. The summed E-state index contributed by atoms with van der Waals surface area (Å²) in [6.45, 7) is 0. The first kappa shape index (κ1) is 12.6. The van der Waals surface area contributed by atoms with Gasteiger partial charge >= 0.3 is 0 Å². The van der Waals surface area contributed by atoms with Gasteiger partial charge in [-0.3, -0.25) is 9.59 Å². The maximum atomic E-state index is 12.2. The predicted molar refractivity (Wildman–Crippen MR) is 78.7 cm³/mol. The van der Waals surface area contributed by atoms with Crippen LogP contribution in [0.2, 0.25) is 0 Å². The zero-order valence-electron chi connectivity index (χ0n) is 11.6. The molecule has 0 radical (unpaired) electrons. The quantitative estimate of drug-likeness (QED) is 0.889. The topological polar surface area (TPSA) is 70.6 Å². The van der Waals surface area contributed by atoms with Crippen LogP contribution in [0.1, 0.15) is 31.2 Å². The highest BCUT2D eigenvalue weighted by molar-refractivity contribution is 6.13. The summed E-state index contributed by atoms with van der Waals surface area (Å²) in [6, 6.07) is 7.71. The molecule has 1 heterocycles. The van der Waals surface area contributed by atoms with E-state index in [1.165, 1.54) is 0 Å². The lowest BCUT2D eigenvalue weighted by Gasteiger charge is -2.25. The standard InChI is InChI=1S/C16H17N3O2/c20-15(9-4-3-5-9)17-13-7-2-1-6-10(13)14-11-8-12(11)16(21)19-18-14/h1-2,6-7,9,11-12H,3-5,8H2,(H,17,20)(H,19,21). The smallest absolute Gasteiger partial charge is 0.243 e. The van der Waals surface area contributed by atoms with Gasteiger partial charge in [-0.1, -0.05) is 24.6 Å². The number of fused-ring (bicyclic) bond motifs is 1. The highest BCUT2D eigenvalue weighted by Gasteiger charge is 2.49. The fraction of sp³-hybridized carbons (Fsp3) is 0.438. The number of hydrogen-bond donors (Lipinski definition) is 2. The summed E-state index contributed by atoms with van der Waals surface area (Å²) in [5.74, 6) is 0.536. The monoisotopic (exact) mass is 283 g/mol. The van der Waals surface area contributed by atoms with Gasteiger partial charge in [-0.05, 0) is 25.3 Å². The average Bonchev–Trinajstić information content (AvgIpc) is 3.19. The molecule has 108 valence electrons. The molecular formula is C16H17N3O2. The van der Waals surface area contributed by atoms with Crippen LogP contribution in [0.25, 0.3) is 0 Å². The van der Waals surface area contributed by atoms with Gasteiger partial charge in [0.1, 0.15) is 0 Å². The lowest BCUT2D eigenvalue weighted by molar-refractivity contribution is -0.123. The van der Waals surface area contributed by atoms with Crippen molar-refractivity contribution in [2.45, 2.75) is 25.7 Å². The Morgan fingerprint density at radius 3 is 2.81 bits per heavy atom. The van der Waals surface area contributed by atoms with E-state index in [1.807, 2.05) is 24.3 Å². The Morgan fingerprint density at radius 1 is 1.24 bits per heavy atom. The first-order chi connectivity index (χ1) is 10.2. The van der Waals surface area contributed by atoms with Crippen LogP contribution in [-0.2, 0) is 9.59 Å². The predicted octanol–water partition coefficient (Wildman–Crippen LogP) is 1.90. The SMILES string of the molecule is O=C(Nc1ccccc1C1=NNC(=O)C2CC12)C1CCC1. The van der Waals surface area contributed by atoms with Crippen molar-refractivity contribution in [2.75, 3.05) is 5.32 Å². The number of nitrogens with zero attached hydrogens (tertiary/aromatic N) is 1. The van der Waals surface area contributed by atoms with Gasteiger partial charge in [0.15, 0.2) is 0 Å². The van der Waals surface area contributed by atoms with Gasteiger partial charge in [0.05, 0.1) is 5.71 Å². The van der Waals surface area contributed by atoms with Crippen molar-refractivity contribution in [3.8, 4) is 0 Å². The summed E-state index contributed by atoms with van der Waals surface area (Å²) in [5.41, 5.74) is 5.21. The molecule has 2 aliphatic carbocycles. The molecular weight excluding hydrogens is 266 g/mol. The number of anilines is 1. The molecule has 5 heteroatoms. The second kappa shape index (κ2) is 4.69. The number of para-hydroxylation sites is 1. The Balaban J connectivity index is 1.61. The largest absolute Gasteiger partial charge is 0.325 e. The summed E-state index contributed by atoms with van der Waals surface area (Å²) < 4.78 is 0. The van der Waals surface area contributed by atoms with Gasteiger partial charge in [-0.2, -0.15) is 5.10 Å². The van der Waals surface area contributed by atoms with Crippen LogP contribution < -0.4 is 10.7 Å². The van der Waals surface area contributed by atoms with Crippen molar-refractivity contribution in [1.29, 1.82) is 0 Å². The minimum Gasteiger partial charge on any atom is -0.325 e. The molecule has 1 aromatic carbocycles. The third-order valence-electron chi connectivity index (χ3n) is 4.70. The van der Waals surface area contributed by atoms with Gasteiger partial charge in [-0.15, -0.1) is 0 Å². The normalized spacial score (nSPS) is 27.0. The van der Waals surface area contributed by atoms with E-state index in [2.05, 4.69) is 15.8 Å². The van der Waals surface area contributed by atoms with Gasteiger partial charge in [-0.25, -0.2) is 5.43 Å². The summed E-state index contributed by atoms with van der Waals surface area (Å²) in [7, 11) is 0. The maximum Gasteiger partial charge on any atom is 0.243 e. The minimum atomic E-state index is 0.0136. The van der Waals surface area contributed by atoms with Gasteiger partial charge in [0.25, 0.3) is 0 Å². The summed E-state index contributed by atoms with van der Waals surface area (Å²) in [5, 5.41) is 7.24. The zero-order valence-corrected chi connectivity index (χ0v) is 11.6. The Morgan fingerprint density at radius 2 is 2.05 bits per heavy atom. The highest BCUT2D eigenvalue weighted by atomic mass is 16.2. The molecule has 0 aromatic heterocycles. The fourth-order valence-corrected chi connectivity index (χ4v) is 3.05. The Bertz CT molecular complexity index is 649. The molecule has 1 aromatic rings. The first-order valence-corrected chi connectivity index (χ1v) is 7.52. The maximum absolute atomic E-state index is 12.2. The van der Waals surface area contributed by atoms with Gasteiger partial charge < -0.3 is 5.32 Å². The van der Waals surface area contributed by atoms with Crippen LogP contribution >= 0.6 is 0 Å². The van der Waals surface area contributed by atoms with Crippen molar-refractivity contribution in [1.82, 2.24) is 5.43 Å². The van der Waals surface area contributed by atoms with Crippen molar-refractivity contribution < 1.29 is 9.59 Å². The molecule has 2 saturated carbocycles. The lowest BCUT2D eigenvalue weighted by Crippen LogP contribution is -2.31. The second-order valence-corrected chi connectivity index (χ2v) is 6.08. The average molecular weight is 283 g/mol. The van der Waals surface area contributed by atoms with Gasteiger partial charge in [0.2, 0.25) is 11.8 Å². The highest BCUT2D eigenvalue weighted by Crippen LogP contribution is 2.44. The summed E-state index contributed by atoms with van der Waals surface area (Å²) in [6.07, 6.45) is 3.96.